The maximum atomic E-state index is 13.7. The molecule has 4 aromatic rings. The van der Waals surface area contributed by atoms with Crippen LogP contribution in [-0.2, 0) is 27.4 Å². The lowest BCUT2D eigenvalue weighted by Crippen LogP contribution is -2.16. The number of rotatable bonds is 6. The van der Waals surface area contributed by atoms with Crippen molar-refractivity contribution in [3.8, 4) is 0 Å². The summed E-state index contributed by atoms with van der Waals surface area (Å²) in [6.45, 7) is 1.74. The molecule has 0 spiro atoms. The first-order valence-corrected chi connectivity index (χ1v) is 11.7. The van der Waals surface area contributed by atoms with Gasteiger partial charge >= 0.3 is 12.1 Å². The Labute approximate surface area is 184 Å². The van der Waals surface area contributed by atoms with Crippen molar-refractivity contribution >= 4 is 48.6 Å². The molecule has 3 aromatic heterocycles. The van der Waals surface area contributed by atoms with Gasteiger partial charge in [0, 0.05) is 12.1 Å². The van der Waals surface area contributed by atoms with Gasteiger partial charge in [0.1, 0.15) is 10.6 Å². The molecular weight excluding hydrogens is 467 g/mol. The Morgan fingerprint density at radius 1 is 1.16 bits per heavy atom. The van der Waals surface area contributed by atoms with Crippen LogP contribution in [0.2, 0.25) is 0 Å². The third-order valence-electron chi connectivity index (χ3n) is 4.80. The lowest BCUT2D eigenvalue weighted by Gasteiger charge is -2.13. The minimum Gasteiger partial charge on any atom is -0.481 e. The molecule has 7 nitrogen and oxygen atoms in total. The van der Waals surface area contributed by atoms with Gasteiger partial charge in [0.25, 0.3) is 10.0 Å². The van der Waals surface area contributed by atoms with Crippen LogP contribution in [0.25, 0.3) is 21.3 Å². The fourth-order valence-electron chi connectivity index (χ4n) is 3.49. The zero-order valence-corrected chi connectivity index (χ0v) is 18.2. The molecule has 0 aliphatic heterocycles. The molecule has 0 amide bonds. The first-order valence-electron chi connectivity index (χ1n) is 9.40. The van der Waals surface area contributed by atoms with Gasteiger partial charge in [-0.15, -0.1) is 11.3 Å². The Morgan fingerprint density at radius 2 is 1.91 bits per heavy atom. The summed E-state index contributed by atoms with van der Waals surface area (Å²) in [5.74, 6) is -1.06. The number of nitrogens with zero attached hydrogens (tertiary/aromatic N) is 3. The van der Waals surface area contributed by atoms with Gasteiger partial charge < -0.3 is 5.11 Å². The lowest BCUT2D eigenvalue weighted by molar-refractivity contribution is -0.141. The first kappa shape index (κ1) is 22.2. The lowest BCUT2D eigenvalue weighted by atomic mass is 10.2. The van der Waals surface area contributed by atoms with E-state index < -0.39 is 27.9 Å². The fourth-order valence-corrected chi connectivity index (χ4v) is 6.41. The predicted octanol–water partition coefficient (Wildman–Crippen LogP) is 4.62. The Balaban J connectivity index is 1.94. The number of fused-ring (bicyclic) bond motifs is 2. The molecule has 0 aliphatic carbocycles. The van der Waals surface area contributed by atoms with Crippen molar-refractivity contribution in [3.63, 3.8) is 0 Å². The number of alkyl halides is 3. The topological polar surface area (TPSA) is 102 Å². The van der Waals surface area contributed by atoms with Crippen molar-refractivity contribution in [2.45, 2.75) is 37.3 Å². The highest BCUT2D eigenvalue weighted by molar-refractivity contribution is 7.90. The van der Waals surface area contributed by atoms with Gasteiger partial charge in [-0.1, -0.05) is 6.07 Å². The maximum Gasteiger partial charge on any atom is 0.433 e. The molecule has 3 heterocycles. The average Bonchev–Trinajstić information content (AvgIpc) is 3.25. The Hall–Kier alpha value is -2.99. The second kappa shape index (κ2) is 7.85. The number of carboxylic acid groups (broad SMARTS) is 1. The van der Waals surface area contributed by atoms with Crippen molar-refractivity contribution in [2.24, 2.45) is 0 Å². The minimum absolute atomic E-state index is 0.0124. The van der Waals surface area contributed by atoms with Crippen LogP contribution in [0.15, 0.2) is 41.3 Å². The van der Waals surface area contributed by atoms with E-state index in [1.165, 1.54) is 23.5 Å². The predicted molar refractivity (Wildman–Crippen MR) is 112 cm³/mol. The van der Waals surface area contributed by atoms with Crippen LogP contribution in [0.3, 0.4) is 0 Å². The number of thiazole rings is 1. The van der Waals surface area contributed by atoms with Gasteiger partial charge in [0.05, 0.1) is 26.3 Å². The van der Waals surface area contributed by atoms with Crippen LogP contribution in [0.4, 0.5) is 13.2 Å². The van der Waals surface area contributed by atoms with Crippen molar-refractivity contribution < 1.29 is 31.5 Å². The maximum absolute atomic E-state index is 13.7. The molecule has 1 aromatic carbocycles. The summed E-state index contributed by atoms with van der Waals surface area (Å²) in [7, 11) is -4.25. The average molecular weight is 483 g/mol. The Bertz CT molecular complexity index is 1460. The molecule has 0 atom stereocenters. The number of aryl methyl sites for hydroxylation is 2. The van der Waals surface area contributed by atoms with Crippen molar-refractivity contribution in [1.29, 1.82) is 0 Å². The molecular formula is C20H16F3N3O4S2. The molecule has 0 saturated carbocycles. The van der Waals surface area contributed by atoms with E-state index in [0.717, 1.165) is 16.1 Å². The molecule has 0 bridgehead atoms. The molecule has 4 rings (SSSR count). The van der Waals surface area contributed by atoms with Crippen LogP contribution in [0.1, 0.15) is 29.2 Å². The van der Waals surface area contributed by atoms with Gasteiger partial charge in [0.15, 0.2) is 0 Å². The largest absolute Gasteiger partial charge is 0.481 e. The van der Waals surface area contributed by atoms with Gasteiger partial charge in [-0.3, -0.25) is 4.79 Å². The number of aromatic nitrogens is 3. The molecule has 32 heavy (non-hydrogen) atoms. The zero-order chi connectivity index (χ0) is 23.3. The van der Waals surface area contributed by atoms with Crippen LogP contribution >= 0.6 is 11.3 Å². The molecule has 168 valence electrons. The molecule has 0 unspecified atom stereocenters. The number of benzene rings is 1. The van der Waals surface area contributed by atoms with Gasteiger partial charge in [-0.05, 0) is 50.1 Å². The Morgan fingerprint density at radius 3 is 2.59 bits per heavy atom. The highest BCUT2D eigenvalue weighted by atomic mass is 32.2. The SMILES string of the molecule is Cc1nc2cccc(S(=O)(=O)n3c(CCCC(=O)O)cc4nc(C(F)(F)F)ccc43)c2s1. The number of aliphatic carboxylic acids is 1. The van der Waals surface area contributed by atoms with E-state index in [1.54, 1.807) is 19.1 Å². The minimum atomic E-state index is -4.69. The fraction of sp³-hybridized carbons (Fsp3) is 0.250. The third-order valence-corrected chi connectivity index (χ3v) is 7.76. The van der Waals surface area contributed by atoms with E-state index in [1.807, 2.05) is 0 Å². The summed E-state index contributed by atoms with van der Waals surface area (Å²) in [6.07, 6.45) is -4.77. The summed E-state index contributed by atoms with van der Waals surface area (Å²) >= 11 is 1.20. The van der Waals surface area contributed by atoms with Gasteiger partial charge in [-0.2, -0.15) is 13.2 Å². The second-order valence-electron chi connectivity index (χ2n) is 7.09. The molecule has 0 radical (unpaired) electrons. The number of carbonyl (C=O) groups is 1. The van der Waals surface area contributed by atoms with E-state index >= 15 is 0 Å². The van der Waals surface area contributed by atoms with Crippen LogP contribution in [0.5, 0.6) is 0 Å². The van der Waals surface area contributed by atoms with Crippen molar-refractivity contribution in [2.75, 3.05) is 0 Å². The van der Waals surface area contributed by atoms with Gasteiger partial charge in [-0.25, -0.2) is 22.4 Å². The van der Waals surface area contributed by atoms with Gasteiger partial charge in [0.2, 0.25) is 0 Å². The van der Waals surface area contributed by atoms with Crippen molar-refractivity contribution in [1.82, 2.24) is 13.9 Å². The molecule has 1 N–H and O–H groups in total. The van der Waals surface area contributed by atoms with E-state index in [0.29, 0.717) is 15.2 Å². The van der Waals surface area contributed by atoms with Crippen LogP contribution < -0.4 is 0 Å². The van der Waals surface area contributed by atoms with Crippen molar-refractivity contribution in [3.05, 3.63) is 52.8 Å². The summed E-state index contributed by atoms with van der Waals surface area (Å²) in [6, 6.07) is 7.71. The monoisotopic (exact) mass is 483 g/mol. The normalized spacial score (nSPS) is 12.6. The zero-order valence-electron chi connectivity index (χ0n) is 16.5. The molecule has 12 heteroatoms. The highest BCUT2D eigenvalue weighted by Gasteiger charge is 2.34. The van der Waals surface area contributed by atoms with E-state index in [4.69, 9.17) is 5.11 Å². The van der Waals surface area contributed by atoms with E-state index in [9.17, 15) is 26.4 Å². The van der Waals surface area contributed by atoms with Crippen LogP contribution in [0, 0.1) is 6.92 Å². The number of hydrogen-bond acceptors (Lipinski definition) is 6. The quantitative estimate of drug-likeness (QED) is 0.430. The molecule has 0 aliphatic rings. The Kier molecular flexibility index (Phi) is 5.45. The number of carboxylic acids is 1. The summed E-state index contributed by atoms with van der Waals surface area (Å²) < 4.78 is 68.2. The first-order chi connectivity index (χ1) is 15.0. The smallest absolute Gasteiger partial charge is 0.433 e. The van der Waals surface area contributed by atoms with E-state index in [2.05, 4.69) is 9.97 Å². The summed E-state index contributed by atoms with van der Waals surface area (Å²) in [4.78, 5) is 18.8. The number of hydrogen-bond donors (Lipinski definition) is 1. The number of pyridine rings is 1. The molecule has 0 saturated heterocycles. The summed E-state index contributed by atoms with van der Waals surface area (Å²) in [5.41, 5.74) is -0.638. The number of halogens is 3. The summed E-state index contributed by atoms with van der Waals surface area (Å²) in [5, 5.41) is 9.58. The third kappa shape index (κ3) is 3.95. The van der Waals surface area contributed by atoms with E-state index in [-0.39, 0.29) is 40.9 Å². The highest BCUT2D eigenvalue weighted by Crippen LogP contribution is 2.34. The van der Waals surface area contributed by atoms with Crippen LogP contribution in [-0.4, -0.2) is 33.4 Å². The standard InChI is InChI=1S/C20H16F3N3O4S2/c1-11-24-13-5-3-6-16(19(13)31-11)32(29,30)26-12(4-2-7-18(27)28)10-14-15(26)8-9-17(25-14)20(21,22)23/h3,5-6,8-10H,2,4,7H2,1H3,(H,27,28). The molecule has 0 fully saturated rings. The second-order valence-corrected chi connectivity index (χ2v) is 10.0.